The smallest absolute Gasteiger partial charge is 0.0542 e. The van der Waals surface area contributed by atoms with Crippen LogP contribution in [-0.2, 0) is 0 Å². The fourth-order valence-electron chi connectivity index (χ4n) is 2.52. The first kappa shape index (κ1) is 13.9. The fourth-order valence-corrected chi connectivity index (χ4v) is 5.47. The largest absolute Gasteiger partial charge is 0.134 e. The Morgan fingerprint density at radius 2 is 1.14 bits per heavy atom. The molecular weight excluding hydrogens is 351 g/mol. The Labute approximate surface area is 145 Å². The summed E-state index contributed by atoms with van der Waals surface area (Å²) in [6.45, 7) is 0. The Balaban J connectivity index is 2.03. The van der Waals surface area contributed by atoms with E-state index >= 15 is 0 Å². The molecule has 2 heterocycles. The zero-order valence-corrected chi connectivity index (χ0v) is 14.2. The number of rotatable bonds is 0. The number of fused-ring (bicyclic) bond motifs is 5. The summed E-state index contributed by atoms with van der Waals surface area (Å²) in [6.07, 6.45) is 0. The van der Waals surface area contributed by atoms with Crippen LogP contribution in [0.15, 0.2) is 36.4 Å². The third-order valence-electron chi connectivity index (χ3n) is 3.47. The average Bonchev–Trinajstić information content (AvgIpc) is 3.03. The molecule has 0 radical (unpaired) electrons. The molecule has 0 saturated carbocycles. The van der Waals surface area contributed by atoms with E-state index in [9.17, 15) is 0 Å². The lowest BCUT2D eigenvalue weighted by atomic mass is 10.1. The van der Waals surface area contributed by atoms with Gasteiger partial charge in [0.1, 0.15) is 0 Å². The van der Waals surface area contributed by atoms with E-state index in [1.165, 1.54) is 29.6 Å². The van der Waals surface area contributed by atoms with Gasteiger partial charge in [0.2, 0.25) is 0 Å². The Bertz CT molecular complexity index is 1060. The molecule has 22 heavy (non-hydrogen) atoms. The standard InChI is InChI=1S/C18H6Cl2S2/c19-7-5-11-1-3-13-15(9-11)21-18-14-4-2-12(6-8-20)10-16(14)22-17(13)18/h1-4,9-10H. The summed E-state index contributed by atoms with van der Waals surface area (Å²) in [4.78, 5) is 0. The quantitative estimate of drug-likeness (QED) is 0.321. The van der Waals surface area contributed by atoms with E-state index in [4.69, 9.17) is 23.2 Å². The molecule has 4 rings (SSSR count). The molecule has 0 amide bonds. The molecule has 2 aromatic heterocycles. The normalized spacial score (nSPS) is 10.5. The van der Waals surface area contributed by atoms with E-state index in [1.54, 1.807) is 22.7 Å². The van der Waals surface area contributed by atoms with Crippen LogP contribution in [0.4, 0.5) is 0 Å². The summed E-state index contributed by atoms with van der Waals surface area (Å²) in [5.41, 5.74) is 1.89. The van der Waals surface area contributed by atoms with Crippen LogP contribution in [0.5, 0.6) is 0 Å². The van der Waals surface area contributed by atoms with Crippen molar-refractivity contribution in [3.63, 3.8) is 0 Å². The van der Waals surface area contributed by atoms with Crippen molar-refractivity contribution in [3.8, 4) is 22.6 Å². The van der Waals surface area contributed by atoms with Crippen LogP contribution in [0.3, 0.4) is 0 Å². The van der Waals surface area contributed by atoms with E-state index in [0.29, 0.717) is 0 Å². The van der Waals surface area contributed by atoms with Gasteiger partial charge in [-0.25, -0.2) is 0 Å². The van der Waals surface area contributed by atoms with Gasteiger partial charge in [-0.1, -0.05) is 12.1 Å². The molecule has 0 spiro atoms. The lowest BCUT2D eigenvalue weighted by molar-refractivity contribution is 1.76. The second-order valence-corrected chi connectivity index (χ2v) is 7.21. The van der Waals surface area contributed by atoms with Crippen molar-refractivity contribution in [1.29, 1.82) is 0 Å². The highest BCUT2D eigenvalue weighted by atomic mass is 35.5. The molecule has 0 bridgehead atoms. The van der Waals surface area contributed by atoms with Crippen LogP contribution >= 0.6 is 45.9 Å². The van der Waals surface area contributed by atoms with E-state index in [0.717, 1.165) is 11.1 Å². The van der Waals surface area contributed by atoms with Crippen LogP contribution in [0, 0.1) is 22.6 Å². The highest BCUT2D eigenvalue weighted by Crippen LogP contribution is 2.44. The summed E-state index contributed by atoms with van der Waals surface area (Å²) in [7, 11) is 0. The Hall–Kier alpha value is -1.68. The second-order valence-electron chi connectivity index (χ2n) is 4.72. The van der Waals surface area contributed by atoms with Crippen molar-refractivity contribution in [3.05, 3.63) is 47.5 Å². The van der Waals surface area contributed by atoms with Crippen molar-refractivity contribution >= 4 is 75.4 Å². The first-order valence-corrected chi connectivity index (χ1v) is 8.81. The molecule has 4 aromatic rings. The Morgan fingerprint density at radius 3 is 1.55 bits per heavy atom. The maximum absolute atomic E-state index is 5.49. The van der Waals surface area contributed by atoms with Crippen LogP contribution in [0.25, 0.3) is 29.6 Å². The molecule has 0 unspecified atom stereocenters. The SMILES string of the molecule is ClC#Cc1ccc2c(c1)sc1c3ccc(C#CCl)cc3sc21. The molecule has 4 heteroatoms. The van der Waals surface area contributed by atoms with Crippen LogP contribution in [-0.4, -0.2) is 0 Å². The fraction of sp³-hybridized carbons (Fsp3) is 0. The molecule has 0 aliphatic rings. The number of hydrogen-bond acceptors (Lipinski definition) is 2. The third-order valence-corrected chi connectivity index (χ3v) is 6.16. The minimum Gasteiger partial charge on any atom is -0.134 e. The summed E-state index contributed by atoms with van der Waals surface area (Å²) in [5, 5.41) is 7.40. The van der Waals surface area contributed by atoms with Crippen molar-refractivity contribution in [2.45, 2.75) is 0 Å². The first-order valence-electron chi connectivity index (χ1n) is 6.42. The van der Waals surface area contributed by atoms with Crippen LogP contribution < -0.4 is 0 Å². The molecular formula is C18H6Cl2S2. The molecule has 0 aliphatic heterocycles. The van der Waals surface area contributed by atoms with Gasteiger partial charge >= 0.3 is 0 Å². The topological polar surface area (TPSA) is 0 Å². The summed E-state index contributed by atoms with van der Waals surface area (Å²) >= 11 is 14.6. The predicted molar refractivity (Wildman–Crippen MR) is 100 cm³/mol. The lowest BCUT2D eigenvalue weighted by Gasteiger charge is -1.93. The maximum Gasteiger partial charge on any atom is 0.0542 e. The Morgan fingerprint density at radius 1 is 0.682 bits per heavy atom. The molecule has 0 fully saturated rings. The van der Waals surface area contributed by atoms with Crippen molar-refractivity contribution in [2.24, 2.45) is 0 Å². The summed E-state index contributed by atoms with van der Waals surface area (Å²) in [6, 6.07) is 12.5. The molecule has 0 nitrogen and oxygen atoms in total. The molecule has 0 N–H and O–H groups in total. The monoisotopic (exact) mass is 356 g/mol. The van der Waals surface area contributed by atoms with Crippen LogP contribution in [0.2, 0.25) is 0 Å². The summed E-state index contributed by atoms with van der Waals surface area (Å²) in [5.74, 6) is 5.79. The van der Waals surface area contributed by atoms with Gasteiger partial charge in [0.05, 0.1) is 9.40 Å². The number of hydrogen-bond donors (Lipinski definition) is 0. The molecule has 0 aliphatic carbocycles. The van der Waals surface area contributed by atoms with Gasteiger partial charge in [-0.3, -0.25) is 0 Å². The van der Waals surface area contributed by atoms with E-state index in [-0.39, 0.29) is 0 Å². The van der Waals surface area contributed by atoms with Gasteiger partial charge in [-0.2, -0.15) is 0 Å². The van der Waals surface area contributed by atoms with Crippen molar-refractivity contribution in [2.75, 3.05) is 0 Å². The van der Waals surface area contributed by atoms with Gasteiger partial charge in [-0.15, -0.1) is 22.7 Å². The van der Waals surface area contributed by atoms with Crippen molar-refractivity contribution < 1.29 is 0 Å². The molecule has 104 valence electrons. The zero-order chi connectivity index (χ0) is 15.1. The van der Waals surface area contributed by atoms with E-state index < -0.39 is 0 Å². The highest BCUT2D eigenvalue weighted by molar-refractivity contribution is 7.36. The Kier molecular flexibility index (Phi) is 3.49. The minimum atomic E-state index is 0.945. The minimum absolute atomic E-state index is 0.945. The number of thiophene rings is 2. The maximum atomic E-state index is 5.49. The number of halogens is 2. The zero-order valence-electron chi connectivity index (χ0n) is 11.0. The molecule has 0 saturated heterocycles. The van der Waals surface area contributed by atoms with Crippen LogP contribution in [0.1, 0.15) is 11.1 Å². The third kappa shape index (κ3) is 2.17. The van der Waals surface area contributed by atoms with Gasteiger partial charge in [0, 0.05) is 42.1 Å². The lowest BCUT2D eigenvalue weighted by Crippen LogP contribution is -1.71. The highest BCUT2D eigenvalue weighted by Gasteiger charge is 2.12. The van der Waals surface area contributed by atoms with Gasteiger partial charge in [0.25, 0.3) is 0 Å². The number of benzene rings is 2. The van der Waals surface area contributed by atoms with E-state index in [1.807, 2.05) is 12.1 Å². The van der Waals surface area contributed by atoms with Gasteiger partial charge in [-0.05, 0) is 59.3 Å². The first-order chi connectivity index (χ1) is 10.8. The van der Waals surface area contributed by atoms with E-state index in [2.05, 4.69) is 46.9 Å². The average molecular weight is 357 g/mol. The molecule has 2 aromatic carbocycles. The summed E-state index contributed by atoms with van der Waals surface area (Å²) < 4.78 is 5.11. The molecule has 0 atom stereocenters. The predicted octanol–water partition coefficient (Wildman–Crippen LogP) is 6.36. The van der Waals surface area contributed by atoms with Gasteiger partial charge in [0.15, 0.2) is 0 Å². The second kappa shape index (κ2) is 5.51. The van der Waals surface area contributed by atoms with Crippen molar-refractivity contribution in [1.82, 2.24) is 0 Å². The van der Waals surface area contributed by atoms with Gasteiger partial charge < -0.3 is 0 Å².